The molecule has 0 radical (unpaired) electrons. The third-order valence-corrected chi connectivity index (χ3v) is 3.72. The van der Waals surface area contributed by atoms with Crippen molar-refractivity contribution in [1.29, 1.82) is 0 Å². The number of Topliss-reactive ketones (excluding diaryl/α,β-unsaturated/α-hetero) is 1. The fourth-order valence-electron chi connectivity index (χ4n) is 2.56. The van der Waals surface area contributed by atoms with Crippen LogP contribution in [0.15, 0.2) is 0 Å². The van der Waals surface area contributed by atoms with E-state index in [-0.39, 0.29) is 0 Å². The van der Waals surface area contributed by atoms with Gasteiger partial charge in [0, 0.05) is 5.92 Å². The molecule has 3 heteroatoms. The zero-order chi connectivity index (χ0) is 12.7. The highest BCUT2D eigenvalue weighted by Crippen LogP contribution is 2.25. The van der Waals surface area contributed by atoms with Crippen molar-refractivity contribution in [2.75, 3.05) is 40.3 Å². The van der Waals surface area contributed by atoms with Crippen molar-refractivity contribution in [2.24, 2.45) is 5.92 Å². The summed E-state index contributed by atoms with van der Waals surface area (Å²) in [6, 6.07) is 0. The number of nitrogens with zero attached hydrogens (tertiary/aromatic N) is 2. The molecule has 17 heavy (non-hydrogen) atoms. The Morgan fingerprint density at radius 2 is 1.82 bits per heavy atom. The Bertz CT molecular complexity index is 222. The second kappa shape index (κ2) is 7.83. The number of ketones is 1. The summed E-state index contributed by atoms with van der Waals surface area (Å²) in [4.78, 5) is 16.6. The van der Waals surface area contributed by atoms with Gasteiger partial charge in [-0.3, -0.25) is 9.69 Å². The van der Waals surface area contributed by atoms with Gasteiger partial charge in [0.1, 0.15) is 5.78 Å². The molecule has 0 saturated heterocycles. The van der Waals surface area contributed by atoms with Crippen LogP contribution in [0.4, 0.5) is 0 Å². The van der Waals surface area contributed by atoms with Gasteiger partial charge in [0.15, 0.2) is 0 Å². The van der Waals surface area contributed by atoms with Crippen LogP contribution in [0.3, 0.4) is 0 Å². The summed E-state index contributed by atoms with van der Waals surface area (Å²) in [6.45, 7) is 5.97. The van der Waals surface area contributed by atoms with Crippen LogP contribution < -0.4 is 0 Å². The SMILES string of the molecule is CCN(CCCN(C)C)CC(=O)C1CCCC1. The quantitative estimate of drug-likeness (QED) is 0.648. The largest absolute Gasteiger partial charge is 0.309 e. The van der Waals surface area contributed by atoms with E-state index in [2.05, 4.69) is 30.8 Å². The summed E-state index contributed by atoms with van der Waals surface area (Å²) < 4.78 is 0. The van der Waals surface area contributed by atoms with Crippen molar-refractivity contribution in [2.45, 2.75) is 39.0 Å². The fourth-order valence-corrected chi connectivity index (χ4v) is 2.56. The molecule has 0 atom stereocenters. The fraction of sp³-hybridized carbons (Fsp3) is 0.929. The van der Waals surface area contributed by atoms with Gasteiger partial charge in [-0.2, -0.15) is 0 Å². The van der Waals surface area contributed by atoms with Gasteiger partial charge >= 0.3 is 0 Å². The maximum Gasteiger partial charge on any atom is 0.149 e. The Balaban J connectivity index is 2.22. The molecule has 1 aliphatic rings. The van der Waals surface area contributed by atoms with Crippen molar-refractivity contribution < 1.29 is 4.79 Å². The van der Waals surface area contributed by atoms with Crippen molar-refractivity contribution in [3.63, 3.8) is 0 Å². The van der Waals surface area contributed by atoms with Gasteiger partial charge in [-0.1, -0.05) is 19.8 Å². The maximum absolute atomic E-state index is 12.1. The van der Waals surface area contributed by atoms with Gasteiger partial charge in [0.2, 0.25) is 0 Å². The zero-order valence-electron chi connectivity index (χ0n) is 11.7. The molecule has 1 aliphatic carbocycles. The molecule has 1 saturated carbocycles. The van der Waals surface area contributed by atoms with Crippen molar-refractivity contribution in [1.82, 2.24) is 9.80 Å². The second-order valence-electron chi connectivity index (χ2n) is 5.47. The summed E-state index contributed by atoms with van der Waals surface area (Å²) in [6.07, 6.45) is 5.92. The van der Waals surface area contributed by atoms with Crippen LogP contribution in [0.1, 0.15) is 39.0 Å². The lowest BCUT2D eigenvalue weighted by Crippen LogP contribution is -2.34. The highest BCUT2D eigenvalue weighted by molar-refractivity contribution is 5.83. The minimum Gasteiger partial charge on any atom is -0.309 e. The van der Waals surface area contributed by atoms with Crippen LogP contribution in [-0.2, 0) is 4.79 Å². The van der Waals surface area contributed by atoms with Gasteiger partial charge in [-0.15, -0.1) is 0 Å². The van der Waals surface area contributed by atoms with Crippen molar-refractivity contribution >= 4 is 5.78 Å². The molecule has 0 aromatic heterocycles. The number of hydrogen-bond acceptors (Lipinski definition) is 3. The molecule has 1 rings (SSSR count). The first-order valence-corrected chi connectivity index (χ1v) is 7.03. The molecule has 1 fully saturated rings. The highest BCUT2D eigenvalue weighted by Gasteiger charge is 2.23. The molecular formula is C14H28N2O. The third-order valence-electron chi connectivity index (χ3n) is 3.72. The molecule has 0 amide bonds. The Morgan fingerprint density at radius 3 is 2.35 bits per heavy atom. The molecule has 3 nitrogen and oxygen atoms in total. The van der Waals surface area contributed by atoms with Crippen LogP contribution in [0.5, 0.6) is 0 Å². The van der Waals surface area contributed by atoms with E-state index in [1.54, 1.807) is 0 Å². The summed E-state index contributed by atoms with van der Waals surface area (Å²) in [5.41, 5.74) is 0. The van der Waals surface area contributed by atoms with Gasteiger partial charge in [-0.05, 0) is 53.0 Å². The number of carbonyl (C=O) groups excluding carboxylic acids is 1. The molecule has 0 aliphatic heterocycles. The number of likely N-dealkylation sites (N-methyl/N-ethyl adjacent to an activating group) is 1. The van der Waals surface area contributed by atoms with Crippen LogP contribution in [0.25, 0.3) is 0 Å². The lowest BCUT2D eigenvalue weighted by atomic mass is 10.0. The molecule has 100 valence electrons. The molecule has 0 unspecified atom stereocenters. The monoisotopic (exact) mass is 240 g/mol. The third kappa shape index (κ3) is 5.64. The number of carbonyl (C=O) groups is 1. The highest BCUT2D eigenvalue weighted by atomic mass is 16.1. The first-order valence-electron chi connectivity index (χ1n) is 7.03. The normalized spacial score (nSPS) is 17.2. The van der Waals surface area contributed by atoms with Gasteiger partial charge < -0.3 is 4.90 Å². The predicted molar refractivity (Wildman–Crippen MR) is 72.3 cm³/mol. The molecule has 0 aromatic carbocycles. The molecule has 0 bridgehead atoms. The molecule has 0 heterocycles. The van der Waals surface area contributed by atoms with Crippen molar-refractivity contribution in [3.05, 3.63) is 0 Å². The maximum atomic E-state index is 12.1. The first-order chi connectivity index (χ1) is 8.13. The number of hydrogen-bond donors (Lipinski definition) is 0. The Morgan fingerprint density at radius 1 is 1.18 bits per heavy atom. The summed E-state index contributed by atoms with van der Waals surface area (Å²) in [5, 5.41) is 0. The molecule has 0 N–H and O–H groups in total. The van der Waals surface area contributed by atoms with E-state index in [1.807, 2.05) is 0 Å². The minimum absolute atomic E-state index is 0.373. The summed E-state index contributed by atoms with van der Waals surface area (Å²) in [7, 11) is 4.19. The van der Waals surface area contributed by atoms with E-state index in [0.717, 1.165) is 38.9 Å². The Hall–Kier alpha value is -0.410. The van der Waals surface area contributed by atoms with Crippen LogP contribution in [0.2, 0.25) is 0 Å². The molecular weight excluding hydrogens is 212 g/mol. The van der Waals surface area contributed by atoms with Crippen molar-refractivity contribution in [3.8, 4) is 0 Å². The average molecular weight is 240 g/mol. The molecule has 0 aromatic rings. The van der Waals surface area contributed by atoms with E-state index in [0.29, 0.717) is 18.2 Å². The van der Waals surface area contributed by atoms with Gasteiger partial charge in [-0.25, -0.2) is 0 Å². The van der Waals surface area contributed by atoms with Crippen LogP contribution in [-0.4, -0.2) is 55.9 Å². The lowest BCUT2D eigenvalue weighted by molar-refractivity contribution is -0.123. The Kier molecular flexibility index (Phi) is 6.75. The van der Waals surface area contributed by atoms with Gasteiger partial charge in [0.25, 0.3) is 0 Å². The number of rotatable bonds is 8. The van der Waals surface area contributed by atoms with Crippen LogP contribution >= 0.6 is 0 Å². The average Bonchev–Trinajstić information content (AvgIpc) is 2.80. The van der Waals surface area contributed by atoms with E-state index in [9.17, 15) is 4.79 Å². The predicted octanol–water partition coefficient (Wildman–Crippen LogP) is 2.02. The first kappa shape index (κ1) is 14.7. The summed E-state index contributed by atoms with van der Waals surface area (Å²) >= 11 is 0. The van der Waals surface area contributed by atoms with E-state index >= 15 is 0 Å². The smallest absolute Gasteiger partial charge is 0.149 e. The lowest BCUT2D eigenvalue weighted by Gasteiger charge is -2.22. The zero-order valence-corrected chi connectivity index (χ0v) is 11.7. The standard InChI is InChI=1S/C14H28N2O/c1-4-16(11-7-10-15(2)3)12-14(17)13-8-5-6-9-13/h13H,4-12H2,1-3H3. The van der Waals surface area contributed by atoms with Crippen LogP contribution in [0, 0.1) is 5.92 Å². The van der Waals surface area contributed by atoms with E-state index < -0.39 is 0 Å². The van der Waals surface area contributed by atoms with E-state index in [1.165, 1.54) is 12.8 Å². The molecule has 0 spiro atoms. The second-order valence-corrected chi connectivity index (χ2v) is 5.47. The van der Waals surface area contributed by atoms with Gasteiger partial charge in [0.05, 0.1) is 6.54 Å². The summed E-state index contributed by atoms with van der Waals surface area (Å²) in [5.74, 6) is 0.854. The van der Waals surface area contributed by atoms with E-state index in [4.69, 9.17) is 0 Å². The minimum atomic E-state index is 0.373. The Labute approximate surface area is 106 Å². The topological polar surface area (TPSA) is 23.6 Å².